The highest BCUT2D eigenvalue weighted by molar-refractivity contribution is 5.11. The number of hydrogen-bond acceptors (Lipinski definition) is 4. The fourth-order valence-electron chi connectivity index (χ4n) is 3.14. The Balaban J connectivity index is 1.94. The third-order valence-corrected chi connectivity index (χ3v) is 4.46. The van der Waals surface area contributed by atoms with Gasteiger partial charge >= 0.3 is 0 Å². The zero-order chi connectivity index (χ0) is 13.3. The molecular weight excluding hydrogens is 228 g/mol. The number of hydrogen-bond donors (Lipinski definition) is 1. The molecule has 4 heteroatoms. The SMILES string of the molecule is CN(C)C1CC(Cc2cc(CCO)on2)C1(C)C. The second-order valence-electron chi connectivity index (χ2n) is 6.20. The maximum Gasteiger partial charge on any atom is 0.139 e. The van der Waals surface area contributed by atoms with Gasteiger partial charge in [-0.15, -0.1) is 0 Å². The molecule has 102 valence electrons. The fourth-order valence-corrected chi connectivity index (χ4v) is 3.14. The summed E-state index contributed by atoms with van der Waals surface area (Å²) in [6.45, 7) is 4.79. The summed E-state index contributed by atoms with van der Waals surface area (Å²) in [4.78, 5) is 2.32. The minimum Gasteiger partial charge on any atom is -0.396 e. The number of aromatic nitrogens is 1. The molecule has 4 nitrogen and oxygen atoms in total. The summed E-state index contributed by atoms with van der Waals surface area (Å²) < 4.78 is 5.20. The van der Waals surface area contributed by atoms with Gasteiger partial charge in [0.1, 0.15) is 5.76 Å². The second-order valence-corrected chi connectivity index (χ2v) is 6.20. The normalized spacial score (nSPS) is 26.3. The van der Waals surface area contributed by atoms with Crippen molar-refractivity contribution in [2.24, 2.45) is 11.3 Å². The van der Waals surface area contributed by atoms with Gasteiger partial charge in [-0.1, -0.05) is 19.0 Å². The van der Waals surface area contributed by atoms with Gasteiger partial charge < -0.3 is 14.5 Å². The number of nitrogens with zero attached hydrogens (tertiary/aromatic N) is 2. The van der Waals surface area contributed by atoms with Crippen molar-refractivity contribution in [3.63, 3.8) is 0 Å². The van der Waals surface area contributed by atoms with Gasteiger partial charge in [0.2, 0.25) is 0 Å². The van der Waals surface area contributed by atoms with Gasteiger partial charge in [-0.2, -0.15) is 0 Å². The summed E-state index contributed by atoms with van der Waals surface area (Å²) in [6, 6.07) is 2.64. The molecule has 0 aromatic carbocycles. The lowest BCUT2D eigenvalue weighted by Gasteiger charge is -2.55. The summed E-state index contributed by atoms with van der Waals surface area (Å²) >= 11 is 0. The van der Waals surface area contributed by atoms with Crippen LogP contribution >= 0.6 is 0 Å². The van der Waals surface area contributed by atoms with Crippen LogP contribution in [0.1, 0.15) is 31.7 Å². The van der Waals surface area contributed by atoms with E-state index in [2.05, 4.69) is 38.0 Å². The Bertz CT molecular complexity index is 398. The minimum absolute atomic E-state index is 0.117. The molecular formula is C14H24N2O2. The molecule has 0 spiro atoms. The van der Waals surface area contributed by atoms with Crippen LogP contribution in [0.25, 0.3) is 0 Å². The molecule has 1 aliphatic carbocycles. The van der Waals surface area contributed by atoms with E-state index in [1.54, 1.807) is 0 Å². The molecule has 0 saturated heterocycles. The predicted octanol–water partition coefficient (Wildman–Crippen LogP) is 1.73. The van der Waals surface area contributed by atoms with Crippen molar-refractivity contribution >= 4 is 0 Å². The molecule has 2 rings (SSSR count). The van der Waals surface area contributed by atoms with Crippen molar-refractivity contribution in [1.82, 2.24) is 10.1 Å². The first-order chi connectivity index (χ1) is 8.45. The molecule has 1 N–H and O–H groups in total. The summed E-state index contributed by atoms with van der Waals surface area (Å²) in [7, 11) is 4.30. The Morgan fingerprint density at radius 2 is 2.22 bits per heavy atom. The van der Waals surface area contributed by atoms with Gasteiger partial charge in [0, 0.05) is 18.5 Å². The van der Waals surface area contributed by atoms with E-state index in [-0.39, 0.29) is 6.61 Å². The van der Waals surface area contributed by atoms with Gasteiger partial charge in [-0.3, -0.25) is 0 Å². The Morgan fingerprint density at radius 3 is 2.78 bits per heavy atom. The standard InChI is InChI=1S/C14H24N2O2/c1-14(2)10(8-13(14)16(3)4)7-11-9-12(5-6-17)18-15-11/h9-10,13,17H,5-8H2,1-4H3. The van der Waals surface area contributed by atoms with Crippen molar-refractivity contribution in [2.45, 2.75) is 39.2 Å². The fraction of sp³-hybridized carbons (Fsp3) is 0.786. The van der Waals surface area contributed by atoms with Gasteiger partial charge in [-0.05, 0) is 38.3 Å². The van der Waals surface area contributed by atoms with Crippen LogP contribution in [0.3, 0.4) is 0 Å². The Kier molecular flexibility index (Phi) is 3.78. The van der Waals surface area contributed by atoms with E-state index in [0.717, 1.165) is 17.9 Å². The van der Waals surface area contributed by atoms with E-state index in [0.29, 0.717) is 23.8 Å². The summed E-state index contributed by atoms with van der Waals surface area (Å²) in [5.74, 6) is 1.45. The highest BCUT2D eigenvalue weighted by Crippen LogP contribution is 2.49. The lowest BCUT2D eigenvalue weighted by molar-refractivity contribution is -0.0421. The van der Waals surface area contributed by atoms with E-state index in [1.807, 2.05) is 6.07 Å². The topological polar surface area (TPSA) is 49.5 Å². The maximum absolute atomic E-state index is 8.85. The second kappa shape index (κ2) is 5.02. The molecule has 0 amide bonds. The van der Waals surface area contributed by atoms with Crippen LogP contribution in [-0.2, 0) is 12.8 Å². The van der Waals surface area contributed by atoms with Crippen molar-refractivity contribution < 1.29 is 9.63 Å². The Labute approximate surface area is 109 Å². The highest BCUT2D eigenvalue weighted by Gasteiger charge is 2.48. The van der Waals surface area contributed by atoms with Crippen LogP contribution in [0.5, 0.6) is 0 Å². The van der Waals surface area contributed by atoms with E-state index in [9.17, 15) is 0 Å². The molecule has 0 radical (unpaired) electrons. The monoisotopic (exact) mass is 252 g/mol. The van der Waals surface area contributed by atoms with E-state index < -0.39 is 0 Å². The van der Waals surface area contributed by atoms with Crippen LogP contribution in [0, 0.1) is 11.3 Å². The van der Waals surface area contributed by atoms with Gasteiger partial charge in [-0.25, -0.2) is 0 Å². The van der Waals surface area contributed by atoms with Crippen LogP contribution in [0.2, 0.25) is 0 Å². The van der Waals surface area contributed by atoms with Crippen LogP contribution in [0.15, 0.2) is 10.6 Å². The maximum atomic E-state index is 8.85. The number of aliphatic hydroxyl groups is 1. The molecule has 1 saturated carbocycles. The molecule has 1 fully saturated rings. The van der Waals surface area contributed by atoms with Crippen molar-refractivity contribution in [3.8, 4) is 0 Å². The zero-order valence-corrected chi connectivity index (χ0v) is 11.8. The minimum atomic E-state index is 0.117. The molecule has 1 aliphatic rings. The first-order valence-electron chi connectivity index (χ1n) is 6.67. The number of rotatable bonds is 5. The molecule has 1 aromatic rings. The third-order valence-electron chi connectivity index (χ3n) is 4.46. The quantitative estimate of drug-likeness (QED) is 0.867. The molecule has 2 atom stereocenters. The smallest absolute Gasteiger partial charge is 0.139 e. The van der Waals surface area contributed by atoms with Crippen molar-refractivity contribution in [1.29, 1.82) is 0 Å². The molecule has 1 heterocycles. The lowest BCUT2D eigenvalue weighted by atomic mass is 9.57. The summed E-state index contributed by atoms with van der Waals surface area (Å²) in [5.41, 5.74) is 1.35. The van der Waals surface area contributed by atoms with E-state index >= 15 is 0 Å². The summed E-state index contributed by atoms with van der Waals surface area (Å²) in [6.07, 6.45) is 2.76. The molecule has 18 heavy (non-hydrogen) atoms. The molecule has 1 aromatic heterocycles. The van der Waals surface area contributed by atoms with Gasteiger partial charge in [0.15, 0.2) is 0 Å². The first-order valence-corrected chi connectivity index (χ1v) is 6.67. The van der Waals surface area contributed by atoms with Crippen molar-refractivity contribution in [3.05, 3.63) is 17.5 Å². The molecule has 2 unspecified atom stereocenters. The highest BCUT2D eigenvalue weighted by atomic mass is 16.5. The number of aliphatic hydroxyl groups excluding tert-OH is 1. The Hall–Kier alpha value is -0.870. The lowest BCUT2D eigenvalue weighted by Crippen LogP contribution is -2.56. The van der Waals surface area contributed by atoms with Crippen molar-refractivity contribution in [2.75, 3.05) is 20.7 Å². The largest absolute Gasteiger partial charge is 0.396 e. The first kappa shape index (κ1) is 13.6. The molecule has 0 bridgehead atoms. The van der Waals surface area contributed by atoms with Gasteiger partial charge in [0.05, 0.1) is 12.3 Å². The van der Waals surface area contributed by atoms with Crippen LogP contribution in [0.4, 0.5) is 0 Å². The van der Waals surface area contributed by atoms with E-state index in [4.69, 9.17) is 9.63 Å². The summed E-state index contributed by atoms with van der Waals surface area (Å²) in [5, 5.41) is 12.9. The van der Waals surface area contributed by atoms with Crippen LogP contribution < -0.4 is 0 Å². The zero-order valence-electron chi connectivity index (χ0n) is 11.8. The average Bonchev–Trinajstić information content (AvgIpc) is 2.71. The predicted molar refractivity (Wildman–Crippen MR) is 70.4 cm³/mol. The van der Waals surface area contributed by atoms with E-state index in [1.165, 1.54) is 6.42 Å². The average molecular weight is 252 g/mol. The molecule has 0 aliphatic heterocycles. The van der Waals surface area contributed by atoms with Crippen LogP contribution in [-0.4, -0.2) is 41.9 Å². The van der Waals surface area contributed by atoms with Gasteiger partial charge in [0.25, 0.3) is 0 Å². The Morgan fingerprint density at radius 1 is 1.50 bits per heavy atom. The third kappa shape index (κ3) is 2.45.